The topological polar surface area (TPSA) is 195 Å². The number of carbonyl (C=O) groups excluding carboxylic acids is 3. The smallest absolute Gasteiger partial charge is 0.356 e. The first kappa shape index (κ1) is 32.5. The number of benzene rings is 2. The number of hydrogen-bond donors (Lipinski definition) is 4. The van der Waals surface area contributed by atoms with E-state index in [-0.39, 0.29) is 41.1 Å². The van der Waals surface area contributed by atoms with Crippen LogP contribution in [0.5, 0.6) is 11.5 Å². The molecule has 47 heavy (non-hydrogen) atoms. The van der Waals surface area contributed by atoms with Crippen molar-refractivity contribution < 1.29 is 63.3 Å². The van der Waals surface area contributed by atoms with E-state index in [0.717, 1.165) is 25.8 Å². The number of aliphatic carboxylic acids is 1. The van der Waals surface area contributed by atoms with Gasteiger partial charge in [0, 0.05) is 19.4 Å². The summed E-state index contributed by atoms with van der Waals surface area (Å²) in [5.41, 5.74) is -0.600. The molecule has 1 spiro atoms. The van der Waals surface area contributed by atoms with Crippen LogP contribution in [0.15, 0.2) is 54.3 Å². The zero-order chi connectivity index (χ0) is 33.8. The Labute approximate surface area is 269 Å². The first-order valence-corrected chi connectivity index (χ1v) is 15.4. The molecule has 6 rings (SSSR count). The van der Waals surface area contributed by atoms with E-state index in [9.17, 15) is 39.6 Å². The standard InChI is InChI=1S/C34H36O13/c1-16-11-13-33-24-20-9-10-22(37)26(24)46-29(33)23(12-14-34(33,42)21(16)15-20)45-31(40)27(43-17(2)35)28(44-18(3)36)32(41)47-25(30(38)39)19-7-5-4-6-8-19/h4-10,12,16,21,25,27-29,32,37,41-42H,11,13-15H2,1-3H3,(H,38,39)/t16?,21-,25+,27+,28+,29-,32?,33-,34+/m0/s1. The molecule has 250 valence electrons. The van der Waals surface area contributed by atoms with E-state index < -0.39 is 65.6 Å². The molecule has 0 radical (unpaired) electrons. The third-order valence-electron chi connectivity index (χ3n) is 9.96. The van der Waals surface area contributed by atoms with E-state index in [4.69, 9.17) is 23.7 Å². The molecule has 2 aromatic carbocycles. The zero-order valence-corrected chi connectivity index (χ0v) is 26.0. The second-order valence-electron chi connectivity index (χ2n) is 12.7. The number of phenols is 1. The summed E-state index contributed by atoms with van der Waals surface area (Å²) < 4.78 is 27.9. The second kappa shape index (κ2) is 12.0. The lowest BCUT2D eigenvalue weighted by molar-refractivity contribution is -0.234. The van der Waals surface area contributed by atoms with Crippen LogP contribution < -0.4 is 4.74 Å². The molecular formula is C34H36O13. The van der Waals surface area contributed by atoms with Crippen LogP contribution in [0.3, 0.4) is 0 Å². The molecule has 4 aliphatic rings. The lowest BCUT2D eigenvalue weighted by Gasteiger charge is -2.61. The van der Waals surface area contributed by atoms with Gasteiger partial charge in [0.15, 0.2) is 36.1 Å². The monoisotopic (exact) mass is 652 g/mol. The van der Waals surface area contributed by atoms with Crippen molar-refractivity contribution in [2.75, 3.05) is 0 Å². The van der Waals surface area contributed by atoms with Crippen LogP contribution in [0, 0.1) is 11.8 Å². The number of carboxylic acid groups (broad SMARTS) is 1. The SMILES string of the molecule is CC(=O)O[C@@H](C(=O)OC1=CC[C@@]2(O)[C@H]3Cc4ccc(O)c5c4[C@@]2(CCC3C)[C@H]1O5)[C@@H](OC(C)=O)C(O)O[C@@H](C(=O)O)c1ccccc1. The Morgan fingerprint density at radius 1 is 1.02 bits per heavy atom. The number of phenolic OH excluding ortho intramolecular Hbond substituents is 1. The van der Waals surface area contributed by atoms with Gasteiger partial charge in [-0.15, -0.1) is 0 Å². The molecule has 1 heterocycles. The fourth-order valence-corrected chi connectivity index (χ4v) is 8.00. The Hall–Kier alpha value is -4.46. The Bertz CT molecular complexity index is 1640. The van der Waals surface area contributed by atoms with Crippen LogP contribution in [0.25, 0.3) is 0 Å². The van der Waals surface area contributed by atoms with Crippen LogP contribution in [0.4, 0.5) is 0 Å². The Kier molecular flexibility index (Phi) is 8.27. The van der Waals surface area contributed by atoms with Crippen molar-refractivity contribution in [3.05, 3.63) is 71.0 Å². The van der Waals surface area contributed by atoms with Crippen molar-refractivity contribution in [2.24, 2.45) is 11.8 Å². The first-order chi connectivity index (χ1) is 22.3. The molecule has 2 bridgehead atoms. The summed E-state index contributed by atoms with van der Waals surface area (Å²) in [6, 6.07) is 11.0. The molecule has 13 nitrogen and oxygen atoms in total. The maximum Gasteiger partial charge on any atom is 0.356 e. The van der Waals surface area contributed by atoms with Gasteiger partial charge in [0.1, 0.15) is 5.76 Å². The Balaban J connectivity index is 1.33. The number of aliphatic hydroxyl groups excluding tert-OH is 1. The van der Waals surface area contributed by atoms with Crippen molar-refractivity contribution >= 4 is 23.9 Å². The molecule has 0 amide bonds. The number of carbonyl (C=O) groups is 4. The van der Waals surface area contributed by atoms with Crippen LogP contribution in [-0.4, -0.2) is 74.5 Å². The van der Waals surface area contributed by atoms with Crippen LogP contribution in [-0.2, 0) is 50.0 Å². The molecule has 3 aliphatic carbocycles. The van der Waals surface area contributed by atoms with E-state index in [1.54, 1.807) is 18.2 Å². The fraction of sp³-hybridized carbons (Fsp3) is 0.471. The van der Waals surface area contributed by atoms with Gasteiger partial charge in [-0.05, 0) is 60.8 Å². The summed E-state index contributed by atoms with van der Waals surface area (Å²) in [7, 11) is 0. The highest BCUT2D eigenvalue weighted by atomic mass is 16.7. The largest absolute Gasteiger partial charge is 0.504 e. The van der Waals surface area contributed by atoms with Crippen molar-refractivity contribution in [3.8, 4) is 11.5 Å². The molecule has 2 unspecified atom stereocenters. The van der Waals surface area contributed by atoms with Crippen molar-refractivity contribution in [3.63, 3.8) is 0 Å². The average Bonchev–Trinajstić information content (AvgIpc) is 3.38. The maximum absolute atomic E-state index is 13.9. The third kappa shape index (κ3) is 5.22. The second-order valence-corrected chi connectivity index (χ2v) is 12.7. The summed E-state index contributed by atoms with van der Waals surface area (Å²) in [6.45, 7) is 4.04. The summed E-state index contributed by atoms with van der Waals surface area (Å²) in [5.74, 6) is -4.70. The van der Waals surface area contributed by atoms with Crippen LogP contribution in [0.1, 0.15) is 62.8 Å². The van der Waals surface area contributed by atoms with Gasteiger partial charge >= 0.3 is 23.9 Å². The quantitative estimate of drug-likeness (QED) is 0.166. The number of rotatable bonds is 10. The van der Waals surface area contributed by atoms with E-state index in [0.29, 0.717) is 18.4 Å². The highest BCUT2D eigenvalue weighted by molar-refractivity contribution is 5.81. The third-order valence-corrected chi connectivity index (χ3v) is 9.96. The highest BCUT2D eigenvalue weighted by Crippen LogP contribution is 2.68. The molecule has 0 saturated heterocycles. The fourth-order valence-electron chi connectivity index (χ4n) is 8.00. The number of aliphatic hydroxyl groups is 2. The van der Waals surface area contributed by atoms with Crippen molar-refractivity contribution in [2.45, 2.75) is 88.2 Å². The highest BCUT2D eigenvalue weighted by Gasteiger charge is 2.72. The molecule has 0 aromatic heterocycles. The molecule has 13 heteroatoms. The number of esters is 3. The van der Waals surface area contributed by atoms with Crippen molar-refractivity contribution in [1.82, 2.24) is 0 Å². The Morgan fingerprint density at radius 3 is 2.38 bits per heavy atom. The molecule has 9 atom stereocenters. The van der Waals surface area contributed by atoms with Gasteiger partial charge in [-0.2, -0.15) is 0 Å². The molecule has 2 aromatic rings. The number of aromatic hydroxyl groups is 1. The predicted octanol–water partition coefficient (Wildman–Crippen LogP) is 2.58. The van der Waals surface area contributed by atoms with Gasteiger partial charge in [0.05, 0.1) is 11.0 Å². The minimum Gasteiger partial charge on any atom is -0.504 e. The lowest BCUT2D eigenvalue weighted by Crippen LogP contribution is -2.69. The number of ether oxygens (including phenoxy) is 5. The van der Waals surface area contributed by atoms with Crippen molar-refractivity contribution in [1.29, 1.82) is 0 Å². The van der Waals surface area contributed by atoms with Gasteiger partial charge in [-0.25, -0.2) is 9.59 Å². The lowest BCUT2D eigenvalue weighted by atomic mass is 9.45. The first-order valence-electron chi connectivity index (χ1n) is 15.4. The average molecular weight is 653 g/mol. The summed E-state index contributed by atoms with van der Waals surface area (Å²) >= 11 is 0. The van der Waals surface area contributed by atoms with Gasteiger partial charge in [-0.3, -0.25) is 9.59 Å². The summed E-state index contributed by atoms with van der Waals surface area (Å²) in [5, 5.41) is 44.0. The van der Waals surface area contributed by atoms with Gasteiger partial charge in [0.2, 0.25) is 6.10 Å². The summed E-state index contributed by atoms with van der Waals surface area (Å²) in [6.07, 6.45) is -5.86. The normalized spacial score (nSPS) is 29.1. The van der Waals surface area contributed by atoms with E-state index in [1.165, 1.54) is 24.3 Å². The van der Waals surface area contributed by atoms with E-state index in [2.05, 4.69) is 6.92 Å². The Morgan fingerprint density at radius 2 is 1.72 bits per heavy atom. The molecular weight excluding hydrogens is 616 g/mol. The molecule has 1 aliphatic heterocycles. The van der Waals surface area contributed by atoms with Gasteiger partial charge in [0.25, 0.3) is 0 Å². The van der Waals surface area contributed by atoms with E-state index >= 15 is 0 Å². The van der Waals surface area contributed by atoms with Crippen LogP contribution in [0.2, 0.25) is 0 Å². The van der Waals surface area contributed by atoms with E-state index in [1.807, 2.05) is 6.07 Å². The zero-order valence-electron chi connectivity index (χ0n) is 26.0. The molecule has 4 N–H and O–H groups in total. The number of carboxylic acids is 1. The van der Waals surface area contributed by atoms with Gasteiger partial charge < -0.3 is 44.1 Å². The minimum atomic E-state index is -2.29. The summed E-state index contributed by atoms with van der Waals surface area (Å²) in [4.78, 5) is 50.3. The maximum atomic E-state index is 13.9. The molecule has 1 saturated carbocycles. The van der Waals surface area contributed by atoms with Gasteiger partial charge in [-0.1, -0.05) is 43.3 Å². The number of hydrogen-bond acceptors (Lipinski definition) is 12. The minimum absolute atomic E-state index is 0.0294. The molecule has 1 fully saturated rings. The van der Waals surface area contributed by atoms with Crippen LogP contribution >= 0.6 is 0 Å². The predicted molar refractivity (Wildman–Crippen MR) is 159 cm³/mol.